The van der Waals surface area contributed by atoms with Crippen molar-refractivity contribution in [3.63, 3.8) is 0 Å². The Labute approximate surface area is 45.1 Å². The second-order valence-electron chi connectivity index (χ2n) is 1.90. The van der Waals surface area contributed by atoms with Crippen LogP contribution in [0.2, 0.25) is 0 Å². The van der Waals surface area contributed by atoms with Gasteiger partial charge in [-0.1, -0.05) is 6.92 Å². The molecule has 0 aromatic heterocycles. The van der Waals surface area contributed by atoms with Crippen molar-refractivity contribution in [3.8, 4) is 0 Å². The molecular weight excluding hydrogens is 88.1 g/mol. The molecule has 2 heteroatoms. The minimum atomic E-state index is 0.616. The summed E-state index contributed by atoms with van der Waals surface area (Å²) in [6, 6.07) is 0. The van der Waals surface area contributed by atoms with Gasteiger partial charge in [0.2, 0.25) is 0 Å². The Balaban J connectivity index is 2.83. The molecule has 0 amide bonds. The summed E-state index contributed by atoms with van der Waals surface area (Å²) in [5, 5.41) is 3.04. The van der Waals surface area contributed by atoms with E-state index < -0.39 is 0 Å². The molecule has 3 N–H and O–H groups in total. The van der Waals surface area contributed by atoms with Crippen molar-refractivity contribution in [3.05, 3.63) is 0 Å². The van der Waals surface area contributed by atoms with Crippen LogP contribution in [0.15, 0.2) is 0 Å². The van der Waals surface area contributed by atoms with E-state index in [1.165, 1.54) is 0 Å². The lowest BCUT2D eigenvalue weighted by molar-refractivity contribution is 0.555. The molecule has 44 valence electrons. The summed E-state index contributed by atoms with van der Waals surface area (Å²) < 4.78 is 0. The van der Waals surface area contributed by atoms with Gasteiger partial charge in [-0.15, -0.1) is 0 Å². The third-order valence-corrected chi connectivity index (χ3v) is 0.955. The van der Waals surface area contributed by atoms with Crippen LogP contribution in [-0.4, -0.2) is 20.1 Å². The molecule has 0 spiro atoms. The highest BCUT2D eigenvalue weighted by Crippen LogP contribution is 1.83. The molecule has 0 aliphatic carbocycles. The smallest absolute Gasteiger partial charge is 0.00141 e. The molecule has 0 saturated carbocycles. The van der Waals surface area contributed by atoms with Crippen LogP contribution in [0.3, 0.4) is 0 Å². The highest BCUT2D eigenvalue weighted by atomic mass is 14.8. The van der Waals surface area contributed by atoms with Crippen molar-refractivity contribution < 1.29 is 0 Å². The maximum atomic E-state index is 5.32. The van der Waals surface area contributed by atoms with Crippen molar-refractivity contribution in [2.75, 3.05) is 20.1 Å². The molecule has 0 aliphatic heterocycles. The minimum absolute atomic E-state index is 0.616. The molecule has 0 radical (unpaired) electrons. The first-order valence-electron chi connectivity index (χ1n) is 2.66. The quantitative estimate of drug-likeness (QED) is 0.518. The van der Waals surface area contributed by atoms with Gasteiger partial charge < -0.3 is 11.1 Å². The van der Waals surface area contributed by atoms with Crippen molar-refractivity contribution in [2.24, 2.45) is 11.7 Å². The average Bonchev–Trinajstić information content (AvgIpc) is 1.68. The maximum absolute atomic E-state index is 5.32. The van der Waals surface area contributed by atoms with E-state index in [0.29, 0.717) is 5.92 Å². The van der Waals surface area contributed by atoms with E-state index in [1.807, 2.05) is 7.05 Å². The molecule has 7 heavy (non-hydrogen) atoms. The standard InChI is InChI=1S/C5H14N2/c1-5(3-6)4-7-2/h5,7H,3-4,6H2,1-2H3/t5-/m1/s1. The molecule has 2 nitrogen and oxygen atoms in total. The summed E-state index contributed by atoms with van der Waals surface area (Å²) >= 11 is 0. The van der Waals surface area contributed by atoms with Gasteiger partial charge in [0.15, 0.2) is 0 Å². The lowest BCUT2D eigenvalue weighted by Gasteiger charge is -2.04. The molecule has 0 bridgehead atoms. The Bertz CT molecular complexity index is 37.1. The molecular formula is C5H14N2. The molecule has 0 aromatic carbocycles. The molecule has 1 atom stereocenters. The van der Waals surface area contributed by atoms with E-state index in [-0.39, 0.29) is 0 Å². The van der Waals surface area contributed by atoms with Gasteiger partial charge in [0.1, 0.15) is 0 Å². The molecule has 0 aromatic rings. The van der Waals surface area contributed by atoms with Crippen LogP contribution in [0, 0.1) is 5.92 Å². The molecule has 0 fully saturated rings. The van der Waals surface area contributed by atoms with Crippen LogP contribution >= 0.6 is 0 Å². The van der Waals surface area contributed by atoms with Crippen molar-refractivity contribution in [1.29, 1.82) is 0 Å². The zero-order valence-electron chi connectivity index (χ0n) is 5.07. The van der Waals surface area contributed by atoms with E-state index in [1.54, 1.807) is 0 Å². The lowest BCUT2D eigenvalue weighted by Crippen LogP contribution is -2.22. The Morgan fingerprint density at radius 3 is 2.43 bits per heavy atom. The van der Waals surface area contributed by atoms with Gasteiger partial charge in [-0.3, -0.25) is 0 Å². The molecule has 0 aliphatic rings. The fourth-order valence-corrected chi connectivity index (χ4v) is 0.432. The summed E-state index contributed by atoms with van der Waals surface area (Å²) in [6.45, 7) is 3.92. The van der Waals surface area contributed by atoms with Crippen LogP contribution < -0.4 is 11.1 Å². The maximum Gasteiger partial charge on any atom is -0.00141 e. The number of nitrogens with one attached hydrogen (secondary N) is 1. The first kappa shape index (κ1) is 6.92. The summed E-state index contributed by atoms with van der Waals surface area (Å²) in [4.78, 5) is 0. The van der Waals surface area contributed by atoms with Gasteiger partial charge in [-0.25, -0.2) is 0 Å². The topological polar surface area (TPSA) is 38.0 Å². The summed E-state index contributed by atoms with van der Waals surface area (Å²) in [6.07, 6.45) is 0. The van der Waals surface area contributed by atoms with E-state index >= 15 is 0 Å². The van der Waals surface area contributed by atoms with E-state index in [4.69, 9.17) is 5.73 Å². The van der Waals surface area contributed by atoms with Gasteiger partial charge in [-0.05, 0) is 26.1 Å². The number of hydrogen-bond donors (Lipinski definition) is 2. The normalized spacial score (nSPS) is 14.1. The predicted molar refractivity (Wildman–Crippen MR) is 32.1 cm³/mol. The van der Waals surface area contributed by atoms with E-state index in [0.717, 1.165) is 13.1 Å². The molecule has 0 saturated heterocycles. The van der Waals surface area contributed by atoms with Gasteiger partial charge in [-0.2, -0.15) is 0 Å². The largest absolute Gasteiger partial charge is 0.330 e. The highest BCUT2D eigenvalue weighted by Gasteiger charge is 1.92. The van der Waals surface area contributed by atoms with Crippen LogP contribution in [0.25, 0.3) is 0 Å². The first-order valence-corrected chi connectivity index (χ1v) is 2.66. The third kappa shape index (κ3) is 3.76. The highest BCUT2D eigenvalue weighted by molar-refractivity contribution is 4.52. The minimum Gasteiger partial charge on any atom is -0.330 e. The molecule has 0 rings (SSSR count). The van der Waals surface area contributed by atoms with E-state index in [9.17, 15) is 0 Å². The van der Waals surface area contributed by atoms with Crippen molar-refractivity contribution in [2.45, 2.75) is 6.92 Å². The zero-order chi connectivity index (χ0) is 5.70. The summed E-state index contributed by atoms with van der Waals surface area (Å²) in [5.41, 5.74) is 5.32. The average molecular weight is 102 g/mol. The zero-order valence-corrected chi connectivity index (χ0v) is 5.07. The summed E-state index contributed by atoms with van der Waals surface area (Å²) in [7, 11) is 1.94. The first-order chi connectivity index (χ1) is 3.31. The SMILES string of the molecule is CNC[C@H](C)CN. The number of nitrogens with two attached hydrogens (primary N) is 1. The Morgan fingerprint density at radius 1 is 1.71 bits per heavy atom. The van der Waals surface area contributed by atoms with Crippen LogP contribution in [0.5, 0.6) is 0 Å². The Kier molecular flexibility index (Phi) is 4.04. The van der Waals surface area contributed by atoms with Crippen molar-refractivity contribution in [1.82, 2.24) is 5.32 Å². The van der Waals surface area contributed by atoms with Gasteiger partial charge in [0.05, 0.1) is 0 Å². The number of hydrogen-bond acceptors (Lipinski definition) is 2. The lowest BCUT2D eigenvalue weighted by atomic mass is 10.2. The van der Waals surface area contributed by atoms with Crippen LogP contribution in [0.1, 0.15) is 6.92 Å². The van der Waals surface area contributed by atoms with Crippen LogP contribution in [-0.2, 0) is 0 Å². The number of rotatable bonds is 3. The van der Waals surface area contributed by atoms with Gasteiger partial charge in [0.25, 0.3) is 0 Å². The molecule has 0 unspecified atom stereocenters. The fraction of sp³-hybridized carbons (Fsp3) is 1.00. The van der Waals surface area contributed by atoms with Crippen molar-refractivity contribution >= 4 is 0 Å². The van der Waals surface area contributed by atoms with Crippen LogP contribution in [0.4, 0.5) is 0 Å². The monoisotopic (exact) mass is 102 g/mol. The Morgan fingerprint density at radius 2 is 2.29 bits per heavy atom. The predicted octanol–water partition coefficient (Wildman–Crippen LogP) is -0.199. The Hall–Kier alpha value is -0.0800. The third-order valence-electron chi connectivity index (χ3n) is 0.955. The summed E-state index contributed by atoms with van der Waals surface area (Å²) in [5.74, 6) is 0.616. The second kappa shape index (κ2) is 4.09. The fourth-order valence-electron chi connectivity index (χ4n) is 0.432. The molecule has 0 heterocycles. The van der Waals surface area contributed by atoms with Gasteiger partial charge in [0, 0.05) is 0 Å². The second-order valence-corrected chi connectivity index (χ2v) is 1.90. The van der Waals surface area contributed by atoms with E-state index in [2.05, 4.69) is 12.2 Å². The van der Waals surface area contributed by atoms with Gasteiger partial charge >= 0.3 is 0 Å².